The first-order valence-electron chi connectivity index (χ1n) is 6.84. The van der Waals surface area contributed by atoms with Gasteiger partial charge >= 0.3 is 0 Å². The van der Waals surface area contributed by atoms with Crippen molar-refractivity contribution in [2.75, 3.05) is 25.4 Å². The van der Waals surface area contributed by atoms with Crippen molar-refractivity contribution in [1.29, 1.82) is 0 Å². The van der Waals surface area contributed by atoms with Crippen LogP contribution in [-0.4, -0.2) is 36.3 Å². The van der Waals surface area contributed by atoms with Crippen LogP contribution >= 0.6 is 23.1 Å². The van der Waals surface area contributed by atoms with Crippen LogP contribution in [0, 0.1) is 0 Å². The van der Waals surface area contributed by atoms with E-state index in [1.165, 1.54) is 5.56 Å². The van der Waals surface area contributed by atoms with Gasteiger partial charge in [0.05, 0.1) is 0 Å². The van der Waals surface area contributed by atoms with E-state index in [0.717, 1.165) is 31.8 Å². The summed E-state index contributed by atoms with van der Waals surface area (Å²) in [5.41, 5.74) is 7.66. The molecule has 18 heavy (non-hydrogen) atoms. The summed E-state index contributed by atoms with van der Waals surface area (Å²) in [4.78, 5) is 2.47. The number of hydrogen-bond donors (Lipinski definition) is 1. The van der Waals surface area contributed by atoms with Crippen molar-refractivity contribution in [3.8, 4) is 0 Å². The zero-order chi connectivity index (χ0) is 13.4. The van der Waals surface area contributed by atoms with Crippen LogP contribution in [0.25, 0.3) is 0 Å². The predicted molar refractivity (Wildman–Crippen MR) is 85.6 cm³/mol. The summed E-state index contributed by atoms with van der Waals surface area (Å²) < 4.78 is 0. The Kier molecular flexibility index (Phi) is 7.98. The number of hydrogen-bond acceptors (Lipinski definition) is 4. The van der Waals surface area contributed by atoms with E-state index in [0.29, 0.717) is 5.25 Å². The maximum absolute atomic E-state index is 6.26. The summed E-state index contributed by atoms with van der Waals surface area (Å²) in [6, 6.07) is 2.48. The molecule has 0 bridgehead atoms. The van der Waals surface area contributed by atoms with Crippen LogP contribution < -0.4 is 5.73 Å². The van der Waals surface area contributed by atoms with Gasteiger partial charge in [0.25, 0.3) is 0 Å². The third-order valence-electron chi connectivity index (χ3n) is 3.33. The molecule has 0 spiro atoms. The van der Waals surface area contributed by atoms with E-state index >= 15 is 0 Å². The Labute approximate surface area is 120 Å². The SMILES string of the molecule is CCC(N)C(SCCN(CC)CC)c1ccsc1. The molecule has 2 unspecified atom stereocenters. The number of rotatable bonds is 9. The number of thiophene rings is 1. The van der Waals surface area contributed by atoms with Crippen LogP contribution in [0.5, 0.6) is 0 Å². The van der Waals surface area contributed by atoms with Gasteiger partial charge in [-0.05, 0) is 41.9 Å². The minimum Gasteiger partial charge on any atom is -0.326 e. The zero-order valence-corrected chi connectivity index (χ0v) is 13.4. The van der Waals surface area contributed by atoms with E-state index in [1.54, 1.807) is 11.3 Å². The van der Waals surface area contributed by atoms with E-state index in [2.05, 4.69) is 42.5 Å². The highest BCUT2D eigenvalue weighted by Gasteiger charge is 2.19. The highest BCUT2D eigenvalue weighted by molar-refractivity contribution is 7.99. The second-order valence-electron chi connectivity index (χ2n) is 4.45. The van der Waals surface area contributed by atoms with Crippen LogP contribution in [0.1, 0.15) is 38.0 Å². The fourth-order valence-electron chi connectivity index (χ4n) is 1.97. The van der Waals surface area contributed by atoms with Crippen molar-refractivity contribution in [3.05, 3.63) is 22.4 Å². The summed E-state index contributed by atoms with van der Waals surface area (Å²) in [5.74, 6) is 1.16. The highest BCUT2D eigenvalue weighted by Crippen LogP contribution is 2.33. The molecule has 104 valence electrons. The van der Waals surface area contributed by atoms with Crippen molar-refractivity contribution in [2.45, 2.75) is 38.5 Å². The summed E-state index contributed by atoms with van der Waals surface area (Å²) >= 11 is 3.78. The Morgan fingerprint density at radius 1 is 1.33 bits per heavy atom. The monoisotopic (exact) mass is 286 g/mol. The molecule has 0 saturated heterocycles. The molecular formula is C14H26N2S2. The Balaban J connectivity index is 2.48. The van der Waals surface area contributed by atoms with Gasteiger partial charge in [0.15, 0.2) is 0 Å². The number of thioether (sulfide) groups is 1. The van der Waals surface area contributed by atoms with Gasteiger partial charge in [-0.1, -0.05) is 20.8 Å². The number of nitrogens with zero attached hydrogens (tertiary/aromatic N) is 1. The minimum atomic E-state index is 0.265. The first kappa shape index (κ1) is 16.0. The van der Waals surface area contributed by atoms with Gasteiger partial charge < -0.3 is 10.6 Å². The van der Waals surface area contributed by atoms with Gasteiger partial charge in [0.1, 0.15) is 0 Å². The largest absolute Gasteiger partial charge is 0.326 e. The molecule has 1 rings (SSSR count). The fraction of sp³-hybridized carbons (Fsp3) is 0.714. The Bertz CT molecular complexity index is 297. The molecule has 0 amide bonds. The van der Waals surface area contributed by atoms with Gasteiger partial charge in [-0.25, -0.2) is 0 Å². The normalized spacial score (nSPS) is 14.9. The van der Waals surface area contributed by atoms with E-state index in [1.807, 2.05) is 11.8 Å². The Morgan fingerprint density at radius 2 is 2.06 bits per heavy atom. The molecular weight excluding hydrogens is 260 g/mol. The van der Waals surface area contributed by atoms with E-state index in [4.69, 9.17) is 5.73 Å². The standard InChI is InChI=1S/C14H26N2S2/c1-4-13(15)14(12-7-9-17-11-12)18-10-8-16(5-2)6-3/h7,9,11,13-14H,4-6,8,10,15H2,1-3H3. The van der Waals surface area contributed by atoms with Crippen molar-refractivity contribution >= 4 is 23.1 Å². The third-order valence-corrected chi connectivity index (χ3v) is 5.43. The van der Waals surface area contributed by atoms with E-state index < -0.39 is 0 Å². The molecule has 1 aromatic heterocycles. The molecule has 2 N–H and O–H groups in total. The van der Waals surface area contributed by atoms with Gasteiger partial charge in [0.2, 0.25) is 0 Å². The highest BCUT2D eigenvalue weighted by atomic mass is 32.2. The fourth-order valence-corrected chi connectivity index (χ4v) is 4.15. The topological polar surface area (TPSA) is 29.3 Å². The van der Waals surface area contributed by atoms with Crippen LogP contribution in [0.15, 0.2) is 16.8 Å². The molecule has 1 heterocycles. The maximum Gasteiger partial charge on any atom is 0.0456 e. The predicted octanol–water partition coefficient (Wildman–Crippen LogP) is 3.60. The van der Waals surface area contributed by atoms with Crippen LogP contribution in [0.2, 0.25) is 0 Å². The maximum atomic E-state index is 6.26. The lowest BCUT2D eigenvalue weighted by atomic mass is 10.1. The van der Waals surface area contributed by atoms with Crippen molar-refractivity contribution in [1.82, 2.24) is 4.90 Å². The average molecular weight is 287 g/mol. The van der Waals surface area contributed by atoms with Gasteiger partial charge in [-0.2, -0.15) is 23.1 Å². The molecule has 0 saturated carbocycles. The van der Waals surface area contributed by atoms with Crippen molar-refractivity contribution in [3.63, 3.8) is 0 Å². The summed E-state index contributed by atoms with van der Waals surface area (Å²) in [6.07, 6.45) is 1.04. The van der Waals surface area contributed by atoms with Gasteiger partial charge in [-0.15, -0.1) is 0 Å². The Morgan fingerprint density at radius 3 is 2.56 bits per heavy atom. The zero-order valence-electron chi connectivity index (χ0n) is 11.8. The van der Waals surface area contributed by atoms with Crippen LogP contribution in [0.4, 0.5) is 0 Å². The molecule has 2 nitrogen and oxygen atoms in total. The van der Waals surface area contributed by atoms with E-state index in [-0.39, 0.29) is 6.04 Å². The minimum absolute atomic E-state index is 0.265. The third kappa shape index (κ3) is 4.92. The molecule has 1 aromatic rings. The quantitative estimate of drug-likeness (QED) is 0.752. The van der Waals surface area contributed by atoms with E-state index in [9.17, 15) is 0 Å². The molecule has 0 aliphatic rings. The second-order valence-corrected chi connectivity index (χ2v) is 6.48. The first-order valence-corrected chi connectivity index (χ1v) is 8.83. The lowest BCUT2D eigenvalue weighted by Gasteiger charge is -2.24. The van der Waals surface area contributed by atoms with Crippen LogP contribution in [-0.2, 0) is 0 Å². The number of nitrogens with two attached hydrogens (primary N) is 1. The summed E-state index contributed by atoms with van der Waals surface area (Å²) in [5, 5.41) is 4.84. The molecule has 0 aliphatic carbocycles. The summed E-state index contributed by atoms with van der Waals surface area (Å²) in [7, 11) is 0. The molecule has 0 radical (unpaired) electrons. The average Bonchev–Trinajstić information content (AvgIpc) is 2.92. The van der Waals surface area contributed by atoms with Gasteiger partial charge in [0, 0.05) is 23.6 Å². The first-order chi connectivity index (χ1) is 8.72. The smallest absolute Gasteiger partial charge is 0.0456 e. The molecule has 0 aromatic carbocycles. The molecule has 0 aliphatic heterocycles. The van der Waals surface area contributed by atoms with Crippen molar-refractivity contribution in [2.24, 2.45) is 5.73 Å². The van der Waals surface area contributed by atoms with Gasteiger partial charge in [-0.3, -0.25) is 0 Å². The molecule has 2 atom stereocenters. The summed E-state index contributed by atoms with van der Waals surface area (Å²) in [6.45, 7) is 10.1. The second kappa shape index (κ2) is 8.97. The molecule has 0 fully saturated rings. The Hall–Kier alpha value is -0.0300. The lowest BCUT2D eigenvalue weighted by molar-refractivity contribution is 0.323. The molecule has 4 heteroatoms. The van der Waals surface area contributed by atoms with Crippen LogP contribution in [0.3, 0.4) is 0 Å². The lowest BCUT2D eigenvalue weighted by Crippen LogP contribution is -2.28. The van der Waals surface area contributed by atoms with Crippen molar-refractivity contribution < 1.29 is 0 Å².